The zero-order valence-corrected chi connectivity index (χ0v) is 12.1. The van der Waals surface area contributed by atoms with Crippen LogP contribution in [0.2, 0.25) is 0 Å². The second-order valence-corrected chi connectivity index (χ2v) is 6.88. The highest BCUT2D eigenvalue weighted by Gasteiger charge is 2.31. The molecule has 20 heavy (non-hydrogen) atoms. The fraction of sp³-hybridized carbons (Fsp3) is 0.364. The molecule has 0 amide bonds. The van der Waals surface area contributed by atoms with Gasteiger partial charge in [-0.05, 0) is 18.2 Å². The number of nitrogens with two attached hydrogens (primary N) is 1. The van der Waals surface area contributed by atoms with E-state index in [1.54, 1.807) is 0 Å². The van der Waals surface area contributed by atoms with Gasteiger partial charge in [0, 0.05) is 24.1 Å². The fourth-order valence-corrected chi connectivity index (χ4v) is 2.09. The van der Waals surface area contributed by atoms with Crippen molar-refractivity contribution in [2.24, 2.45) is 5.73 Å². The van der Waals surface area contributed by atoms with Crippen LogP contribution in [0.4, 0.5) is 18.9 Å². The molecule has 0 aromatic heterocycles. The van der Waals surface area contributed by atoms with E-state index in [0.29, 0.717) is 0 Å². The highest BCUT2D eigenvalue weighted by atomic mass is 32.2. The maximum Gasteiger partial charge on any atom is 0.416 e. The average Bonchev–Trinajstić information content (AvgIpc) is 2.25. The van der Waals surface area contributed by atoms with Crippen LogP contribution in [0.15, 0.2) is 18.2 Å². The fourth-order valence-electron chi connectivity index (χ4n) is 1.45. The lowest BCUT2D eigenvalue weighted by atomic mass is 10.1. The second kappa shape index (κ2) is 5.96. The van der Waals surface area contributed by atoms with Gasteiger partial charge in [0.15, 0.2) is 0 Å². The SMILES string of the molecule is CS(=O)(=O)CCNc1ccc(C(F)(F)F)cc1C(N)=S. The standard InChI is InChI=1S/C11H13F3N2O2S2/c1-20(17,18)5-4-16-9-3-2-7(11(12,13)14)6-8(9)10(15)19/h2-3,6,16H,4-5H2,1H3,(H2,15,19). The maximum atomic E-state index is 12.6. The molecular formula is C11H13F3N2O2S2. The molecule has 0 spiro atoms. The van der Waals surface area contributed by atoms with Crippen LogP contribution in [-0.2, 0) is 16.0 Å². The number of sulfone groups is 1. The maximum absolute atomic E-state index is 12.6. The number of halogens is 3. The van der Waals surface area contributed by atoms with Crippen molar-refractivity contribution >= 4 is 32.7 Å². The summed E-state index contributed by atoms with van der Waals surface area (Å²) in [6.07, 6.45) is -3.43. The third-order valence-corrected chi connectivity index (χ3v) is 3.57. The molecule has 4 nitrogen and oxygen atoms in total. The van der Waals surface area contributed by atoms with Crippen LogP contribution in [0.1, 0.15) is 11.1 Å². The molecule has 3 N–H and O–H groups in total. The summed E-state index contributed by atoms with van der Waals surface area (Å²) in [5.41, 5.74) is 4.83. The number of benzene rings is 1. The second-order valence-electron chi connectivity index (χ2n) is 4.18. The monoisotopic (exact) mass is 326 g/mol. The molecular weight excluding hydrogens is 313 g/mol. The Morgan fingerprint density at radius 3 is 2.45 bits per heavy atom. The van der Waals surface area contributed by atoms with E-state index in [2.05, 4.69) is 5.32 Å². The first kappa shape index (κ1) is 16.7. The largest absolute Gasteiger partial charge is 0.416 e. The van der Waals surface area contributed by atoms with Crippen LogP contribution >= 0.6 is 12.2 Å². The highest BCUT2D eigenvalue weighted by Crippen LogP contribution is 2.31. The number of hydrogen-bond acceptors (Lipinski definition) is 4. The molecule has 0 aliphatic carbocycles. The van der Waals surface area contributed by atoms with Gasteiger partial charge in [-0.3, -0.25) is 0 Å². The number of anilines is 1. The predicted octanol–water partition coefficient (Wildman–Crippen LogP) is 1.80. The summed E-state index contributed by atoms with van der Waals surface area (Å²) >= 11 is 4.71. The van der Waals surface area contributed by atoms with Crippen molar-refractivity contribution in [3.8, 4) is 0 Å². The third kappa shape index (κ3) is 4.97. The molecule has 1 aromatic carbocycles. The lowest BCUT2D eigenvalue weighted by Crippen LogP contribution is -2.19. The van der Waals surface area contributed by atoms with E-state index in [-0.39, 0.29) is 28.5 Å². The van der Waals surface area contributed by atoms with Crippen LogP contribution in [0.5, 0.6) is 0 Å². The van der Waals surface area contributed by atoms with Gasteiger partial charge in [-0.1, -0.05) is 12.2 Å². The molecule has 112 valence electrons. The Morgan fingerprint density at radius 1 is 1.40 bits per heavy atom. The lowest BCUT2D eigenvalue weighted by molar-refractivity contribution is -0.137. The zero-order valence-electron chi connectivity index (χ0n) is 10.5. The molecule has 0 radical (unpaired) electrons. The lowest BCUT2D eigenvalue weighted by Gasteiger charge is -2.14. The first-order chi connectivity index (χ1) is 9.00. The normalized spacial score (nSPS) is 12.2. The van der Waals surface area contributed by atoms with Gasteiger partial charge in [-0.2, -0.15) is 13.2 Å². The van der Waals surface area contributed by atoms with Gasteiger partial charge < -0.3 is 11.1 Å². The summed E-state index contributed by atoms with van der Waals surface area (Å²) in [5.74, 6) is -0.148. The van der Waals surface area contributed by atoms with E-state index < -0.39 is 21.6 Å². The van der Waals surface area contributed by atoms with Crippen molar-refractivity contribution in [2.45, 2.75) is 6.18 Å². The molecule has 0 heterocycles. The van der Waals surface area contributed by atoms with Crippen LogP contribution in [-0.4, -0.2) is 32.0 Å². The molecule has 9 heteroatoms. The quantitative estimate of drug-likeness (QED) is 0.807. The van der Waals surface area contributed by atoms with Gasteiger partial charge in [-0.25, -0.2) is 8.42 Å². The van der Waals surface area contributed by atoms with E-state index in [4.69, 9.17) is 18.0 Å². The Hall–Kier alpha value is -1.35. The molecule has 0 bridgehead atoms. The highest BCUT2D eigenvalue weighted by molar-refractivity contribution is 7.90. The van der Waals surface area contributed by atoms with Crippen molar-refractivity contribution in [1.29, 1.82) is 0 Å². The average molecular weight is 326 g/mol. The third-order valence-electron chi connectivity index (χ3n) is 2.40. The Balaban J connectivity index is 3.00. The number of thiocarbonyl (C=S) groups is 1. The Morgan fingerprint density at radius 2 is 2.00 bits per heavy atom. The summed E-state index contributed by atoms with van der Waals surface area (Å²) in [6.45, 7) is 0.0554. The van der Waals surface area contributed by atoms with E-state index >= 15 is 0 Å². The van der Waals surface area contributed by atoms with Crippen molar-refractivity contribution in [1.82, 2.24) is 0 Å². The molecule has 0 saturated heterocycles. The van der Waals surface area contributed by atoms with Gasteiger partial charge in [0.05, 0.1) is 11.3 Å². The molecule has 1 rings (SSSR count). The number of rotatable bonds is 5. The molecule has 0 aliphatic rings. The minimum absolute atomic E-state index is 0.0309. The zero-order chi connectivity index (χ0) is 15.6. The van der Waals surface area contributed by atoms with Crippen molar-refractivity contribution in [3.05, 3.63) is 29.3 Å². The van der Waals surface area contributed by atoms with Crippen LogP contribution in [0.3, 0.4) is 0 Å². The molecule has 0 atom stereocenters. The summed E-state index contributed by atoms with van der Waals surface area (Å²) in [5, 5.41) is 2.72. The number of nitrogens with one attached hydrogen (secondary N) is 1. The van der Waals surface area contributed by atoms with E-state index in [1.807, 2.05) is 0 Å². The van der Waals surface area contributed by atoms with Crippen LogP contribution in [0.25, 0.3) is 0 Å². The smallest absolute Gasteiger partial charge is 0.389 e. The predicted molar refractivity (Wildman–Crippen MR) is 75.5 cm³/mol. The summed E-state index contributed by atoms with van der Waals surface area (Å²) in [4.78, 5) is -0.196. The van der Waals surface area contributed by atoms with Crippen LogP contribution in [0, 0.1) is 0 Å². The van der Waals surface area contributed by atoms with Gasteiger partial charge in [0.2, 0.25) is 0 Å². The molecule has 0 unspecified atom stereocenters. The van der Waals surface area contributed by atoms with Crippen molar-refractivity contribution in [2.75, 3.05) is 23.9 Å². The molecule has 0 fully saturated rings. The molecule has 1 aromatic rings. The van der Waals surface area contributed by atoms with Gasteiger partial charge in [0.25, 0.3) is 0 Å². The minimum atomic E-state index is -4.50. The van der Waals surface area contributed by atoms with E-state index in [0.717, 1.165) is 18.4 Å². The van der Waals surface area contributed by atoms with Crippen LogP contribution < -0.4 is 11.1 Å². The topological polar surface area (TPSA) is 72.2 Å². The van der Waals surface area contributed by atoms with Crippen molar-refractivity contribution < 1.29 is 21.6 Å². The number of hydrogen-bond donors (Lipinski definition) is 2. The number of alkyl halides is 3. The Kier molecular flexibility index (Phi) is 4.98. The first-order valence-corrected chi connectivity index (χ1v) is 7.90. The minimum Gasteiger partial charge on any atom is -0.389 e. The molecule has 0 aliphatic heterocycles. The summed E-state index contributed by atoms with van der Waals surface area (Å²) in [6, 6.07) is 2.90. The summed E-state index contributed by atoms with van der Waals surface area (Å²) in [7, 11) is -3.17. The molecule has 0 saturated carbocycles. The van der Waals surface area contributed by atoms with Crippen molar-refractivity contribution in [3.63, 3.8) is 0 Å². The van der Waals surface area contributed by atoms with Gasteiger partial charge >= 0.3 is 6.18 Å². The Labute approximate surface area is 120 Å². The first-order valence-electron chi connectivity index (χ1n) is 5.43. The Bertz CT molecular complexity index is 613. The summed E-state index contributed by atoms with van der Waals surface area (Å²) < 4.78 is 59.7. The van der Waals surface area contributed by atoms with Gasteiger partial charge in [0.1, 0.15) is 14.8 Å². The van der Waals surface area contributed by atoms with E-state index in [9.17, 15) is 21.6 Å². The van der Waals surface area contributed by atoms with E-state index in [1.165, 1.54) is 6.07 Å². The van der Waals surface area contributed by atoms with Gasteiger partial charge in [-0.15, -0.1) is 0 Å².